The summed E-state index contributed by atoms with van der Waals surface area (Å²) in [5, 5.41) is 4.61. The summed E-state index contributed by atoms with van der Waals surface area (Å²) in [6, 6.07) is 15.9. The minimum atomic E-state index is 0.0271. The van der Waals surface area contributed by atoms with Crippen LogP contribution in [-0.4, -0.2) is 15.4 Å². The number of pyridine rings is 1. The zero-order valence-corrected chi connectivity index (χ0v) is 11.2. The van der Waals surface area contributed by atoms with Crippen LogP contribution >= 0.6 is 0 Å². The summed E-state index contributed by atoms with van der Waals surface area (Å²) in [5.74, 6) is 0.0271. The number of rotatable bonds is 3. The summed E-state index contributed by atoms with van der Waals surface area (Å²) >= 11 is 0. The van der Waals surface area contributed by atoms with Gasteiger partial charge in [0.1, 0.15) is 5.69 Å². The van der Waals surface area contributed by atoms with Crippen molar-refractivity contribution < 1.29 is 4.79 Å². The van der Waals surface area contributed by atoms with Gasteiger partial charge in [-0.25, -0.2) is 4.52 Å². The van der Waals surface area contributed by atoms with Gasteiger partial charge in [0.25, 0.3) is 0 Å². The Bertz CT molecular complexity index is 785. The van der Waals surface area contributed by atoms with Gasteiger partial charge in [-0.05, 0) is 31.2 Å². The smallest absolute Gasteiger partial charge is 0.152 e. The number of nitrogens with zero attached hydrogens (tertiary/aromatic N) is 2. The predicted molar refractivity (Wildman–Crippen MR) is 80.3 cm³/mol. The number of benzene rings is 1. The van der Waals surface area contributed by atoms with Crippen molar-refractivity contribution >= 4 is 17.4 Å². The van der Waals surface area contributed by atoms with E-state index in [1.165, 1.54) is 0 Å². The largest absolute Gasteiger partial charge is 0.295 e. The number of hydrogen-bond donors (Lipinski definition) is 0. The van der Waals surface area contributed by atoms with E-state index in [-0.39, 0.29) is 5.78 Å². The van der Waals surface area contributed by atoms with Crippen LogP contribution in [0.5, 0.6) is 0 Å². The normalized spacial score (nSPS) is 11.2. The fraction of sp³-hybridized carbons (Fsp3) is 0.0588. The Labute approximate surface area is 117 Å². The van der Waals surface area contributed by atoms with Crippen LogP contribution in [0.3, 0.4) is 0 Å². The van der Waals surface area contributed by atoms with Crippen LogP contribution in [-0.2, 0) is 4.79 Å². The van der Waals surface area contributed by atoms with Crippen molar-refractivity contribution in [3.63, 3.8) is 0 Å². The summed E-state index contributed by atoms with van der Waals surface area (Å²) in [7, 11) is 0. The van der Waals surface area contributed by atoms with Gasteiger partial charge < -0.3 is 0 Å². The molecule has 0 amide bonds. The van der Waals surface area contributed by atoms with Crippen molar-refractivity contribution in [2.24, 2.45) is 0 Å². The number of aromatic nitrogens is 2. The Hall–Kier alpha value is -2.68. The van der Waals surface area contributed by atoms with Gasteiger partial charge in [0.05, 0.1) is 5.52 Å². The maximum atomic E-state index is 11.2. The van der Waals surface area contributed by atoms with Crippen LogP contribution in [0.1, 0.15) is 12.5 Å². The van der Waals surface area contributed by atoms with Gasteiger partial charge >= 0.3 is 0 Å². The second kappa shape index (κ2) is 5.13. The van der Waals surface area contributed by atoms with Gasteiger partial charge in [-0.1, -0.05) is 36.4 Å². The first-order chi connectivity index (χ1) is 9.75. The molecule has 3 aromatic rings. The Morgan fingerprint density at radius 2 is 1.85 bits per heavy atom. The minimum absolute atomic E-state index is 0.0271. The van der Waals surface area contributed by atoms with Crippen molar-refractivity contribution in [3.8, 4) is 11.3 Å². The number of allylic oxidation sites excluding steroid dienone is 1. The number of fused-ring (bicyclic) bond motifs is 1. The van der Waals surface area contributed by atoms with Crippen molar-refractivity contribution in [2.45, 2.75) is 6.92 Å². The molecule has 0 radical (unpaired) electrons. The summed E-state index contributed by atoms with van der Waals surface area (Å²) in [5.41, 5.74) is 3.88. The van der Waals surface area contributed by atoms with Crippen LogP contribution in [0.2, 0.25) is 0 Å². The summed E-state index contributed by atoms with van der Waals surface area (Å²) in [4.78, 5) is 11.2. The van der Waals surface area contributed by atoms with Crippen molar-refractivity contribution in [1.29, 1.82) is 0 Å². The van der Waals surface area contributed by atoms with E-state index in [1.54, 1.807) is 13.0 Å². The van der Waals surface area contributed by atoms with Crippen molar-refractivity contribution in [1.82, 2.24) is 9.61 Å². The van der Waals surface area contributed by atoms with E-state index in [9.17, 15) is 4.79 Å². The number of carbonyl (C=O) groups excluding carboxylic acids is 1. The lowest BCUT2D eigenvalue weighted by Gasteiger charge is -1.98. The molecule has 0 atom stereocenters. The molecule has 2 heterocycles. The lowest BCUT2D eigenvalue weighted by atomic mass is 10.1. The summed E-state index contributed by atoms with van der Waals surface area (Å²) in [6.07, 6.45) is 5.33. The molecule has 3 rings (SSSR count). The third-order valence-electron chi connectivity index (χ3n) is 3.11. The van der Waals surface area contributed by atoms with E-state index < -0.39 is 0 Å². The molecule has 20 heavy (non-hydrogen) atoms. The second-order valence-electron chi connectivity index (χ2n) is 4.60. The maximum Gasteiger partial charge on any atom is 0.152 e. The van der Waals surface area contributed by atoms with E-state index in [4.69, 9.17) is 0 Å². The van der Waals surface area contributed by atoms with Gasteiger partial charge in [-0.15, -0.1) is 0 Å². The molecule has 0 aliphatic heterocycles. The van der Waals surface area contributed by atoms with E-state index in [0.717, 1.165) is 22.3 Å². The molecule has 0 unspecified atom stereocenters. The predicted octanol–water partition coefficient (Wildman–Crippen LogP) is 3.60. The Morgan fingerprint density at radius 3 is 2.60 bits per heavy atom. The van der Waals surface area contributed by atoms with Crippen LogP contribution in [0, 0.1) is 0 Å². The highest BCUT2D eigenvalue weighted by molar-refractivity contribution is 5.95. The lowest BCUT2D eigenvalue weighted by Crippen LogP contribution is -1.84. The molecular weight excluding hydrogens is 248 g/mol. The van der Waals surface area contributed by atoms with Gasteiger partial charge in [0.15, 0.2) is 5.78 Å². The van der Waals surface area contributed by atoms with E-state index in [1.807, 2.05) is 65.3 Å². The van der Waals surface area contributed by atoms with Crippen LogP contribution < -0.4 is 0 Å². The topological polar surface area (TPSA) is 34.4 Å². The average molecular weight is 262 g/mol. The molecule has 0 aliphatic carbocycles. The molecule has 98 valence electrons. The SMILES string of the molecule is CC(=O)/C=C/c1c(-c2ccccc2)nn2ccccc12. The zero-order chi connectivity index (χ0) is 13.9. The molecule has 0 N–H and O–H groups in total. The molecule has 0 spiro atoms. The first-order valence-electron chi connectivity index (χ1n) is 6.47. The van der Waals surface area contributed by atoms with Crippen LogP contribution in [0.25, 0.3) is 22.9 Å². The monoisotopic (exact) mass is 262 g/mol. The van der Waals surface area contributed by atoms with Crippen LogP contribution in [0.4, 0.5) is 0 Å². The molecule has 1 aromatic carbocycles. The molecule has 2 aromatic heterocycles. The van der Waals surface area contributed by atoms with Gasteiger partial charge in [0, 0.05) is 17.3 Å². The van der Waals surface area contributed by atoms with Crippen LogP contribution in [0.15, 0.2) is 60.8 Å². The average Bonchev–Trinajstić information content (AvgIpc) is 2.84. The molecular formula is C17H14N2O. The van der Waals surface area contributed by atoms with E-state index >= 15 is 0 Å². The third kappa shape index (κ3) is 2.26. The highest BCUT2D eigenvalue weighted by Gasteiger charge is 2.11. The van der Waals surface area contributed by atoms with Crippen molar-refractivity contribution in [3.05, 3.63) is 66.4 Å². The molecule has 3 nitrogen and oxygen atoms in total. The Balaban J connectivity index is 2.25. The molecule has 3 heteroatoms. The standard InChI is InChI=1S/C17H14N2O/c1-13(20)10-11-15-16-9-5-6-12-19(16)18-17(15)14-7-3-2-4-8-14/h2-12H,1H3/b11-10+. The second-order valence-corrected chi connectivity index (χ2v) is 4.60. The highest BCUT2D eigenvalue weighted by atomic mass is 16.1. The maximum absolute atomic E-state index is 11.2. The Kier molecular flexibility index (Phi) is 3.17. The summed E-state index contributed by atoms with van der Waals surface area (Å²) < 4.78 is 1.84. The van der Waals surface area contributed by atoms with Gasteiger partial charge in [0.2, 0.25) is 0 Å². The van der Waals surface area contributed by atoms with E-state index in [2.05, 4.69) is 5.10 Å². The molecule has 0 fully saturated rings. The zero-order valence-electron chi connectivity index (χ0n) is 11.2. The third-order valence-corrected chi connectivity index (χ3v) is 3.11. The van der Waals surface area contributed by atoms with Gasteiger partial charge in [-0.3, -0.25) is 4.79 Å². The minimum Gasteiger partial charge on any atom is -0.295 e. The lowest BCUT2D eigenvalue weighted by molar-refractivity contribution is -0.112. The molecule has 0 saturated carbocycles. The fourth-order valence-corrected chi connectivity index (χ4v) is 2.19. The fourth-order valence-electron chi connectivity index (χ4n) is 2.19. The van der Waals surface area contributed by atoms with Gasteiger partial charge in [-0.2, -0.15) is 5.10 Å². The first-order valence-corrected chi connectivity index (χ1v) is 6.47. The number of hydrogen-bond acceptors (Lipinski definition) is 2. The summed E-state index contributed by atoms with van der Waals surface area (Å²) in [6.45, 7) is 1.55. The van der Waals surface area contributed by atoms with Crippen molar-refractivity contribution in [2.75, 3.05) is 0 Å². The molecule has 0 aliphatic rings. The highest BCUT2D eigenvalue weighted by Crippen LogP contribution is 2.27. The Morgan fingerprint density at radius 1 is 1.10 bits per heavy atom. The molecule has 0 saturated heterocycles. The number of carbonyl (C=O) groups is 1. The number of ketones is 1. The first kappa shape index (κ1) is 12.4. The molecule has 0 bridgehead atoms. The van der Waals surface area contributed by atoms with E-state index in [0.29, 0.717) is 0 Å². The quantitative estimate of drug-likeness (QED) is 0.676.